The lowest BCUT2D eigenvalue weighted by molar-refractivity contribution is -0.152. The second-order valence-corrected chi connectivity index (χ2v) is 5.00. The summed E-state index contributed by atoms with van der Waals surface area (Å²) in [5.74, 6) is -1.61. The molecule has 0 atom stereocenters. The van der Waals surface area contributed by atoms with Crippen molar-refractivity contribution in [3.05, 3.63) is 29.8 Å². The third-order valence-electron chi connectivity index (χ3n) is 2.47. The quantitative estimate of drug-likeness (QED) is 0.647. The molecule has 98 valence electrons. The molecule has 0 heterocycles. The number of amides is 1. The molecular weight excluding hydrogens is 230 g/mol. The number of rotatable bonds is 2. The van der Waals surface area contributed by atoms with Crippen LogP contribution in [0.5, 0.6) is 0 Å². The topological polar surface area (TPSA) is 55.4 Å². The van der Waals surface area contributed by atoms with Crippen molar-refractivity contribution in [3.8, 4) is 0 Å². The number of nitrogens with one attached hydrogen (secondary N) is 1. The van der Waals surface area contributed by atoms with Crippen LogP contribution in [0.2, 0.25) is 0 Å². The Kier molecular flexibility index (Phi) is 4.48. The minimum atomic E-state index is -0.864. The molecule has 1 aromatic carbocycles. The van der Waals surface area contributed by atoms with Gasteiger partial charge in [0.15, 0.2) is 0 Å². The Morgan fingerprint density at radius 1 is 1.17 bits per heavy atom. The van der Waals surface area contributed by atoms with Gasteiger partial charge in [0.05, 0.1) is 6.61 Å². The summed E-state index contributed by atoms with van der Waals surface area (Å²) < 4.78 is 4.60. The van der Waals surface area contributed by atoms with E-state index in [0.29, 0.717) is 5.69 Å². The SMILES string of the molecule is CCOC(=O)C(=O)Nc1ccc(C(C)(C)C)cc1. The van der Waals surface area contributed by atoms with E-state index >= 15 is 0 Å². The lowest BCUT2D eigenvalue weighted by atomic mass is 9.87. The van der Waals surface area contributed by atoms with Gasteiger partial charge in [-0.25, -0.2) is 4.79 Å². The van der Waals surface area contributed by atoms with Gasteiger partial charge < -0.3 is 10.1 Å². The summed E-state index contributed by atoms with van der Waals surface area (Å²) in [5.41, 5.74) is 1.81. The molecule has 1 N–H and O–H groups in total. The van der Waals surface area contributed by atoms with Crippen LogP contribution in [-0.2, 0) is 19.7 Å². The van der Waals surface area contributed by atoms with Gasteiger partial charge in [0.2, 0.25) is 0 Å². The number of hydrogen-bond donors (Lipinski definition) is 1. The number of anilines is 1. The molecule has 0 saturated carbocycles. The van der Waals surface area contributed by atoms with Gasteiger partial charge in [-0.05, 0) is 30.0 Å². The van der Waals surface area contributed by atoms with Gasteiger partial charge in [0.25, 0.3) is 0 Å². The summed E-state index contributed by atoms with van der Waals surface area (Å²) in [4.78, 5) is 22.5. The van der Waals surface area contributed by atoms with Crippen LogP contribution in [-0.4, -0.2) is 18.5 Å². The molecular formula is C14H19NO3. The average Bonchev–Trinajstić information content (AvgIpc) is 2.28. The first-order valence-electron chi connectivity index (χ1n) is 5.93. The van der Waals surface area contributed by atoms with E-state index in [1.54, 1.807) is 19.1 Å². The summed E-state index contributed by atoms with van der Waals surface area (Å²) in [6, 6.07) is 7.41. The Morgan fingerprint density at radius 2 is 1.72 bits per heavy atom. The zero-order valence-corrected chi connectivity index (χ0v) is 11.2. The number of ether oxygens (including phenoxy) is 1. The van der Waals surface area contributed by atoms with Crippen molar-refractivity contribution in [2.75, 3.05) is 11.9 Å². The van der Waals surface area contributed by atoms with Gasteiger partial charge in [-0.15, -0.1) is 0 Å². The summed E-state index contributed by atoms with van der Waals surface area (Å²) in [6.45, 7) is 8.18. The van der Waals surface area contributed by atoms with Gasteiger partial charge in [-0.1, -0.05) is 32.9 Å². The molecule has 0 spiro atoms. The van der Waals surface area contributed by atoms with E-state index in [-0.39, 0.29) is 12.0 Å². The maximum absolute atomic E-state index is 11.4. The largest absolute Gasteiger partial charge is 0.459 e. The molecule has 4 nitrogen and oxygen atoms in total. The first-order valence-corrected chi connectivity index (χ1v) is 5.93. The Morgan fingerprint density at radius 3 is 2.17 bits per heavy atom. The third kappa shape index (κ3) is 3.87. The maximum atomic E-state index is 11.4. The summed E-state index contributed by atoms with van der Waals surface area (Å²) in [5, 5.41) is 2.49. The molecule has 0 aliphatic carbocycles. The minimum Gasteiger partial charge on any atom is -0.459 e. The summed E-state index contributed by atoms with van der Waals surface area (Å²) >= 11 is 0. The van der Waals surface area contributed by atoms with Crippen LogP contribution in [0.25, 0.3) is 0 Å². The molecule has 1 rings (SSSR count). The maximum Gasteiger partial charge on any atom is 0.397 e. The molecule has 18 heavy (non-hydrogen) atoms. The Bertz CT molecular complexity index is 429. The average molecular weight is 249 g/mol. The molecule has 0 unspecified atom stereocenters. The number of carbonyl (C=O) groups is 2. The van der Waals surface area contributed by atoms with Crippen LogP contribution < -0.4 is 5.32 Å². The molecule has 0 saturated heterocycles. The van der Waals surface area contributed by atoms with Gasteiger partial charge in [-0.2, -0.15) is 0 Å². The molecule has 4 heteroatoms. The first kappa shape index (κ1) is 14.2. The van der Waals surface area contributed by atoms with E-state index in [1.807, 2.05) is 12.1 Å². The Balaban J connectivity index is 2.70. The second kappa shape index (κ2) is 5.67. The van der Waals surface area contributed by atoms with E-state index in [4.69, 9.17) is 0 Å². The number of benzene rings is 1. The zero-order chi connectivity index (χ0) is 13.8. The molecule has 1 amide bonds. The minimum absolute atomic E-state index is 0.0592. The molecule has 0 aromatic heterocycles. The highest BCUT2D eigenvalue weighted by molar-refractivity contribution is 6.37. The third-order valence-corrected chi connectivity index (χ3v) is 2.47. The van der Waals surface area contributed by atoms with Crippen LogP contribution in [0.15, 0.2) is 24.3 Å². The van der Waals surface area contributed by atoms with Crippen LogP contribution in [0.3, 0.4) is 0 Å². The highest BCUT2D eigenvalue weighted by Gasteiger charge is 2.16. The van der Waals surface area contributed by atoms with Crippen LogP contribution in [0.4, 0.5) is 5.69 Å². The highest BCUT2D eigenvalue weighted by atomic mass is 16.5. The standard InChI is InChI=1S/C14H19NO3/c1-5-18-13(17)12(16)15-11-8-6-10(7-9-11)14(2,3)4/h6-9H,5H2,1-4H3,(H,15,16). The lowest BCUT2D eigenvalue weighted by Gasteiger charge is -2.19. The van der Waals surface area contributed by atoms with E-state index < -0.39 is 11.9 Å². The second-order valence-electron chi connectivity index (χ2n) is 5.00. The number of esters is 1. The van der Waals surface area contributed by atoms with Crippen LogP contribution >= 0.6 is 0 Å². The van der Waals surface area contributed by atoms with Crippen LogP contribution in [0, 0.1) is 0 Å². The van der Waals surface area contributed by atoms with Gasteiger partial charge in [0.1, 0.15) is 0 Å². The van der Waals surface area contributed by atoms with E-state index in [1.165, 1.54) is 0 Å². The van der Waals surface area contributed by atoms with Crippen molar-refractivity contribution in [2.45, 2.75) is 33.1 Å². The predicted molar refractivity (Wildman–Crippen MR) is 70.4 cm³/mol. The monoisotopic (exact) mass is 249 g/mol. The summed E-state index contributed by atoms with van der Waals surface area (Å²) in [6.07, 6.45) is 0. The van der Waals surface area contributed by atoms with Gasteiger partial charge >= 0.3 is 11.9 Å². The van der Waals surface area contributed by atoms with E-state index in [0.717, 1.165) is 5.56 Å². The van der Waals surface area contributed by atoms with Crippen molar-refractivity contribution < 1.29 is 14.3 Å². The van der Waals surface area contributed by atoms with Crippen molar-refractivity contribution in [3.63, 3.8) is 0 Å². The zero-order valence-electron chi connectivity index (χ0n) is 11.2. The molecule has 1 aromatic rings. The van der Waals surface area contributed by atoms with E-state index in [9.17, 15) is 9.59 Å². The van der Waals surface area contributed by atoms with E-state index in [2.05, 4.69) is 30.8 Å². The van der Waals surface area contributed by atoms with Gasteiger partial charge in [-0.3, -0.25) is 4.79 Å². The fraction of sp³-hybridized carbons (Fsp3) is 0.429. The van der Waals surface area contributed by atoms with Crippen molar-refractivity contribution in [1.82, 2.24) is 0 Å². The first-order chi connectivity index (χ1) is 8.34. The normalized spacial score (nSPS) is 10.9. The number of hydrogen-bond acceptors (Lipinski definition) is 3. The van der Waals surface area contributed by atoms with Crippen LogP contribution in [0.1, 0.15) is 33.3 Å². The molecule has 0 fully saturated rings. The van der Waals surface area contributed by atoms with Gasteiger partial charge in [0, 0.05) is 5.69 Å². The fourth-order valence-electron chi connectivity index (χ4n) is 1.43. The molecule has 0 bridgehead atoms. The Hall–Kier alpha value is -1.84. The fourth-order valence-corrected chi connectivity index (χ4v) is 1.43. The lowest BCUT2D eigenvalue weighted by Crippen LogP contribution is -2.25. The van der Waals surface area contributed by atoms with Crippen molar-refractivity contribution >= 4 is 17.6 Å². The molecule has 0 aliphatic rings. The predicted octanol–water partition coefficient (Wildman–Crippen LogP) is 2.49. The smallest absolute Gasteiger partial charge is 0.397 e. The molecule has 0 radical (unpaired) electrons. The Labute approximate surface area is 107 Å². The molecule has 0 aliphatic heterocycles. The number of carbonyl (C=O) groups excluding carboxylic acids is 2. The van der Waals surface area contributed by atoms with Crippen molar-refractivity contribution in [1.29, 1.82) is 0 Å². The highest BCUT2D eigenvalue weighted by Crippen LogP contribution is 2.23. The van der Waals surface area contributed by atoms with Crippen molar-refractivity contribution in [2.24, 2.45) is 0 Å². The summed E-state index contributed by atoms with van der Waals surface area (Å²) in [7, 11) is 0.